The monoisotopic (exact) mass is 312 g/mol. The van der Waals surface area contributed by atoms with Crippen LogP contribution < -0.4 is 0 Å². The molecule has 4 nitrogen and oxygen atoms in total. The summed E-state index contributed by atoms with van der Waals surface area (Å²) in [7, 11) is 0. The van der Waals surface area contributed by atoms with E-state index in [1.54, 1.807) is 0 Å². The Kier molecular flexibility index (Phi) is 10.2. The number of carboxylic acids is 1. The van der Waals surface area contributed by atoms with Gasteiger partial charge in [0.2, 0.25) is 0 Å². The van der Waals surface area contributed by atoms with Crippen molar-refractivity contribution in [2.24, 2.45) is 0 Å². The smallest absolute Gasteiger partial charge is 0.303 e. The molecule has 0 spiro atoms. The van der Waals surface area contributed by atoms with E-state index in [-0.39, 0.29) is 18.6 Å². The summed E-state index contributed by atoms with van der Waals surface area (Å²) in [5, 5.41) is 18.5. The Morgan fingerprint density at radius 2 is 1.86 bits per heavy atom. The largest absolute Gasteiger partial charge is 0.481 e. The van der Waals surface area contributed by atoms with Gasteiger partial charge in [0.05, 0.1) is 6.10 Å². The molecule has 0 aromatic rings. The van der Waals surface area contributed by atoms with Crippen LogP contribution >= 0.6 is 0 Å². The molecule has 2 N–H and O–H groups in total. The van der Waals surface area contributed by atoms with Gasteiger partial charge >= 0.3 is 5.97 Å². The highest BCUT2D eigenvalue weighted by Gasteiger charge is 2.42. The molecular formula is C18H32O4. The zero-order valence-corrected chi connectivity index (χ0v) is 13.9. The van der Waals surface area contributed by atoms with E-state index in [0.717, 1.165) is 44.9 Å². The highest BCUT2D eigenvalue weighted by Crippen LogP contribution is 2.31. The SMILES string of the molecule is CCCCC/C=C\[C@H](O)[C@H]1O[C@@H]1CCCCCCCC(=O)O. The lowest BCUT2D eigenvalue weighted by molar-refractivity contribution is -0.137. The molecule has 1 fully saturated rings. The minimum Gasteiger partial charge on any atom is -0.481 e. The van der Waals surface area contributed by atoms with Crippen LogP contribution in [-0.4, -0.2) is 34.5 Å². The average Bonchev–Trinajstić information content (AvgIpc) is 3.25. The van der Waals surface area contributed by atoms with E-state index in [9.17, 15) is 9.90 Å². The van der Waals surface area contributed by atoms with E-state index >= 15 is 0 Å². The summed E-state index contributed by atoms with van der Waals surface area (Å²) in [5.41, 5.74) is 0. The fourth-order valence-electron chi connectivity index (χ4n) is 2.70. The molecule has 128 valence electrons. The summed E-state index contributed by atoms with van der Waals surface area (Å²) in [6.45, 7) is 2.19. The van der Waals surface area contributed by atoms with E-state index < -0.39 is 12.1 Å². The number of unbranched alkanes of at least 4 members (excludes halogenated alkanes) is 7. The van der Waals surface area contributed by atoms with E-state index in [4.69, 9.17) is 9.84 Å². The van der Waals surface area contributed by atoms with Crippen LogP contribution in [0.15, 0.2) is 12.2 Å². The van der Waals surface area contributed by atoms with E-state index in [2.05, 4.69) is 13.0 Å². The molecule has 1 saturated heterocycles. The van der Waals surface area contributed by atoms with E-state index in [0.29, 0.717) is 0 Å². The van der Waals surface area contributed by atoms with Gasteiger partial charge in [-0.2, -0.15) is 0 Å². The molecule has 1 aliphatic heterocycles. The summed E-state index contributed by atoms with van der Waals surface area (Å²) in [5.74, 6) is -0.703. The van der Waals surface area contributed by atoms with Gasteiger partial charge in [-0.05, 0) is 25.7 Å². The molecule has 0 aromatic heterocycles. The molecule has 0 saturated carbocycles. The van der Waals surface area contributed by atoms with Crippen LogP contribution in [0.1, 0.15) is 77.6 Å². The van der Waals surface area contributed by atoms with Gasteiger partial charge in [-0.3, -0.25) is 4.79 Å². The van der Waals surface area contributed by atoms with Crippen LogP contribution in [0.3, 0.4) is 0 Å². The number of ether oxygens (including phenoxy) is 1. The van der Waals surface area contributed by atoms with Crippen molar-refractivity contribution < 1.29 is 19.7 Å². The van der Waals surface area contributed by atoms with Gasteiger partial charge in [-0.1, -0.05) is 57.6 Å². The van der Waals surface area contributed by atoms with Crippen molar-refractivity contribution in [3.63, 3.8) is 0 Å². The standard InChI is InChI=1S/C18H32O4/c1-2-3-4-6-9-12-15(19)18-16(22-18)13-10-7-5-8-11-14-17(20)21/h9,12,15-16,18-19H,2-8,10-11,13-14H2,1H3,(H,20,21)/b12-9-/t15-,16+,18+/m0/s1. The predicted molar refractivity (Wildman–Crippen MR) is 87.9 cm³/mol. The highest BCUT2D eigenvalue weighted by molar-refractivity contribution is 5.66. The van der Waals surface area contributed by atoms with Crippen molar-refractivity contribution in [3.8, 4) is 0 Å². The molecule has 22 heavy (non-hydrogen) atoms. The molecule has 0 aliphatic carbocycles. The van der Waals surface area contributed by atoms with Gasteiger partial charge in [-0.15, -0.1) is 0 Å². The number of carbonyl (C=O) groups is 1. The van der Waals surface area contributed by atoms with Gasteiger partial charge in [-0.25, -0.2) is 0 Å². The molecule has 0 bridgehead atoms. The molecular weight excluding hydrogens is 280 g/mol. The van der Waals surface area contributed by atoms with Crippen LogP contribution in [0, 0.1) is 0 Å². The van der Waals surface area contributed by atoms with Crippen LogP contribution in [0.2, 0.25) is 0 Å². The van der Waals surface area contributed by atoms with E-state index in [1.807, 2.05) is 6.08 Å². The first-order chi connectivity index (χ1) is 10.6. The number of aliphatic hydroxyl groups is 1. The first-order valence-corrected chi connectivity index (χ1v) is 8.87. The first kappa shape index (κ1) is 19.2. The summed E-state index contributed by atoms with van der Waals surface area (Å²) in [6, 6.07) is 0. The van der Waals surface area contributed by atoms with Gasteiger partial charge < -0.3 is 14.9 Å². The maximum absolute atomic E-state index is 10.4. The third-order valence-electron chi connectivity index (χ3n) is 4.15. The van der Waals surface area contributed by atoms with Crippen molar-refractivity contribution in [2.45, 2.75) is 95.9 Å². The second-order valence-corrected chi connectivity index (χ2v) is 6.25. The van der Waals surface area contributed by atoms with Gasteiger partial charge in [0.1, 0.15) is 12.2 Å². The van der Waals surface area contributed by atoms with Crippen molar-refractivity contribution in [3.05, 3.63) is 12.2 Å². The maximum Gasteiger partial charge on any atom is 0.303 e. The number of carboxylic acid groups (broad SMARTS) is 1. The average molecular weight is 312 g/mol. The normalized spacial score (nSPS) is 22.1. The van der Waals surface area contributed by atoms with Crippen molar-refractivity contribution >= 4 is 5.97 Å². The Bertz CT molecular complexity index is 327. The van der Waals surface area contributed by atoms with Crippen molar-refractivity contribution in [1.29, 1.82) is 0 Å². The third kappa shape index (κ3) is 9.21. The van der Waals surface area contributed by atoms with Crippen molar-refractivity contribution in [1.82, 2.24) is 0 Å². The quantitative estimate of drug-likeness (QED) is 0.288. The van der Waals surface area contributed by atoms with Crippen LogP contribution in [0.25, 0.3) is 0 Å². The molecule has 0 aromatic carbocycles. The number of hydrogen-bond donors (Lipinski definition) is 2. The molecule has 1 aliphatic rings. The lowest BCUT2D eigenvalue weighted by Crippen LogP contribution is -2.13. The van der Waals surface area contributed by atoms with Gasteiger partial charge in [0.15, 0.2) is 0 Å². The summed E-state index contributed by atoms with van der Waals surface area (Å²) in [6.07, 6.45) is 14.8. The maximum atomic E-state index is 10.4. The van der Waals surface area contributed by atoms with Gasteiger partial charge in [0.25, 0.3) is 0 Å². The Morgan fingerprint density at radius 3 is 2.59 bits per heavy atom. The Balaban J connectivity index is 1.93. The summed E-state index contributed by atoms with van der Waals surface area (Å²) >= 11 is 0. The lowest BCUT2D eigenvalue weighted by atomic mass is 10.0. The number of aliphatic hydroxyl groups excluding tert-OH is 1. The number of aliphatic carboxylic acids is 1. The zero-order valence-electron chi connectivity index (χ0n) is 13.9. The number of rotatable bonds is 14. The fraction of sp³-hybridized carbons (Fsp3) is 0.833. The molecule has 4 heteroatoms. The zero-order chi connectivity index (χ0) is 16.2. The molecule has 0 unspecified atom stereocenters. The minimum absolute atomic E-state index is 0.00515. The third-order valence-corrected chi connectivity index (χ3v) is 4.15. The van der Waals surface area contributed by atoms with Crippen LogP contribution in [0.4, 0.5) is 0 Å². The van der Waals surface area contributed by atoms with E-state index in [1.165, 1.54) is 19.3 Å². The van der Waals surface area contributed by atoms with Crippen LogP contribution in [-0.2, 0) is 9.53 Å². The number of allylic oxidation sites excluding steroid dienone is 1. The van der Waals surface area contributed by atoms with Gasteiger partial charge in [0, 0.05) is 6.42 Å². The predicted octanol–water partition coefficient (Wildman–Crippen LogP) is 4.07. The topological polar surface area (TPSA) is 70.1 Å². The molecule has 0 amide bonds. The first-order valence-electron chi connectivity index (χ1n) is 8.87. The Morgan fingerprint density at radius 1 is 1.14 bits per heavy atom. The summed E-state index contributed by atoms with van der Waals surface area (Å²) < 4.78 is 5.54. The Hall–Kier alpha value is -0.870. The lowest BCUT2D eigenvalue weighted by Gasteiger charge is -2.01. The Labute approximate surface area is 134 Å². The number of epoxide rings is 1. The highest BCUT2D eigenvalue weighted by atomic mass is 16.6. The minimum atomic E-state index is -0.703. The molecule has 1 heterocycles. The molecule has 1 rings (SSSR count). The van der Waals surface area contributed by atoms with Crippen LogP contribution in [0.5, 0.6) is 0 Å². The second-order valence-electron chi connectivity index (χ2n) is 6.25. The number of hydrogen-bond acceptors (Lipinski definition) is 3. The fourth-order valence-corrected chi connectivity index (χ4v) is 2.70. The summed E-state index contributed by atoms with van der Waals surface area (Å²) in [4.78, 5) is 10.4. The second kappa shape index (κ2) is 11.7. The molecule has 0 radical (unpaired) electrons. The van der Waals surface area contributed by atoms with Crippen molar-refractivity contribution in [2.75, 3.05) is 0 Å². The molecule has 3 atom stereocenters.